The maximum absolute atomic E-state index is 13.8. The normalized spacial score (nSPS) is 14.8. The number of carbonyl (C=O) groups is 2. The highest BCUT2D eigenvalue weighted by Gasteiger charge is 2.32. The topological polar surface area (TPSA) is 102 Å². The van der Waals surface area contributed by atoms with Gasteiger partial charge in [0.05, 0.1) is 12.8 Å². The second-order valence-electron chi connectivity index (χ2n) is 5.88. The number of benzene rings is 1. The molecule has 1 aliphatic rings. The molecule has 2 N–H and O–H groups in total. The van der Waals surface area contributed by atoms with Crippen LogP contribution in [-0.2, 0) is 4.79 Å². The van der Waals surface area contributed by atoms with Crippen molar-refractivity contribution in [1.82, 2.24) is 10.3 Å². The van der Waals surface area contributed by atoms with Crippen molar-refractivity contribution in [3.63, 3.8) is 0 Å². The Morgan fingerprint density at radius 3 is 2.72 bits per heavy atom. The average molecular weight is 348 g/mol. The first-order valence-electron chi connectivity index (χ1n) is 7.75. The number of nitrogens with one attached hydrogen (secondary N) is 1. The molecule has 0 saturated heterocycles. The predicted octanol–water partition coefficient (Wildman–Crippen LogP) is 2.56. The molecular weight excluding hydrogens is 331 g/mol. The lowest BCUT2D eigenvalue weighted by Crippen LogP contribution is -2.34. The summed E-state index contributed by atoms with van der Waals surface area (Å²) in [6, 6.07) is 2.27. The van der Waals surface area contributed by atoms with Crippen LogP contribution < -0.4 is 10.1 Å². The van der Waals surface area contributed by atoms with Gasteiger partial charge in [-0.25, -0.2) is 14.2 Å². The molecule has 1 saturated carbocycles. The van der Waals surface area contributed by atoms with E-state index in [4.69, 9.17) is 9.15 Å². The molecule has 7 nitrogen and oxygen atoms in total. The van der Waals surface area contributed by atoms with Gasteiger partial charge in [-0.05, 0) is 37.5 Å². The number of methoxy groups -OCH3 is 1. The van der Waals surface area contributed by atoms with E-state index < -0.39 is 23.7 Å². The zero-order valence-corrected chi connectivity index (χ0v) is 13.7. The summed E-state index contributed by atoms with van der Waals surface area (Å²) in [5.41, 5.74) is 0.475. The molecule has 0 radical (unpaired) electrons. The number of ether oxygens (including phenoxy) is 1. The van der Waals surface area contributed by atoms with Crippen molar-refractivity contribution in [2.75, 3.05) is 7.11 Å². The Balaban J connectivity index is 1.83. The fourth-order valence-corrected chi connectivity index (χ4v) is 2.48. The van der Waals surface area contributed by atoms with Crippen molar-refractivity contribution in [2.24, 2.45) is 0 Å². The molecule has 0 aliphatic heterocycles. The quantitative estimate of drug-likeness (QED) is 0.832. The molecule has 1 heterocycles. The minimum atomic E-state index is -1.43. The molecular formula is C17H17FN2O5. The van der Waals surface area contributed by atoms with Crippen LogP contribution in [0.25, 0.3) is 0 Å². The van der Waals surface area contributed by atoms with E-state index >= 15 is 0 Å². The molecule has 1 fully saturated rings. The molecule has 1 atom stereocenters. The fraction of sp³-hybridized carbons (Fsp3) is 0.353. The number of oxazole rings is 1. The maximum atomic E-state index is 13.8. The standard InChI is InChI=1S/C17H17FN2O5/c1-8-14(25-16(19-8)9-3-4-9)15(21)20-13(17(22)23)10-5-6-12(24-2)11(18)7-10/h5-7,9,13H,3-4H2,1-2H3,(H,20,21)(H,22,23)/t13-/m1/s1. The number of hydrogen-bond donors (Lipinski definition) is 2. The summed E-state index contributed by atoms with van der Waals surface area (Å²) in [5, 5.41) is 11.7. The van der Waals surface area contributed by atoms with Crippen LogP contribution in [-0.4, -0.2) is 29.1 Å². The third kappa shape index (κ3) is 3.47. The van der Waals surface area contributed by atoms with E-state index in [1.54, 1.807) is 6.92 Å². The van der Waals surface area contributed by atoms with Crippen molar-refractivity contribution in [1.29, 1.82) is 0 Å². The number of carboxylic acid groups (broad SMARTS) is 1. The van der Waals surface area contributed by atoms with Crippen LogP contribution in [0.1, 0.15) is 52.5 Å². The molecule has 0 spiro atoms. The SMILES string of the molecule is COc1ccc([C@@H](NC(=O)c2oc(C3CC3)nc2C)C(=O)O)cc1F. The van der Waals surface area contributed by atoms with E-state index in [1.807, 2.05) is 0 Å². The number of hydrogen-bond acceptors (Lipinski definition) is 5. The summed E-state index contributed by atoms with van der Waals surface area (Å²) in [5.74, 6) is -2.07. The molecule has 25 heavy (non-hydrogen) atoms. The maximum Gasteiger partial charge on any atom is 0.330 e. The van der Waals surface area contributed by atoms with Gasteiger partial charge in [-0.1, -0.05) is 6.07 Å². The molecule has 1 amide bonds. The van der Waals surface area contributed by atoms with E-state index in [1.165, 1.54) is 19.2 Å². The summed E-state index contributed by atoms with van der Waals surface area (Å²) in [4.78, 5) is 28.1. The van der Waals surface area contributed by atoms with Crippen molar-refractivity contribution in [3.05, 3.63) is 46.9 Å². The summed E-state index contributed by atoms with van der Waals surface area (Å²) >= 11 is 0. The van der Waals surface area contributed by atoms with E-state index in [0.717, 1.165) is 18.9 Å². The summed E-state index contributed by atoms with van der Waals surface area (Å²) in [6.45, 7) is 1.62. The molecule has 1 aromatic heterocycles. The second-order valence-corrected chi connectivity index (χ2v) is 5.88. The number of halogens is 1. The number of carboxylic acids is 1. The van der Waals surface area contributed by atoms with Gasteiger partial charge in [0.2, 0.25) is 5.76 Å². The Kier molecular flexibility index (Phi) is 4.43. The van der Waals surface area contributed by atoms with Gasteiger partial charge in [-0.3, -0.25) is 4.79 Å². The highest BCUT2D eigenvalue weighted by molar-refractivity contribution is 5.95. The number of aryl methyl sites for hydroxylation is 1. The van der Waals surface area contributed by atoms with Gasteiger partial charge < -0.3 is 19.6 Å². The van der Waals surface area contributed by atoms with Gasteiger partial charge in [-0.15, -0.1) is 0 Å². The molecule has 3 rings (SSSR count). The second kappa shape index (κ2) is 6.54. The smallest absolute Gasteiger partial charge is 0.330 e. The number of aromatic nitrogens is 1. The highest BCUT2D eigenvalue weighted by Crippen LogP contribution is 2.40. The lowest BCUT2D eigenvalue weighted by atomic mass is 10.1. The summed E-state index contributed by atoms with van der Waals surface area (Å²) < 4.78 is 24.1. The first-order chi connectivity index (χ1) is 11.9. The van der Waals surface area contributed by atoms with Gasteiger partial charge in [0, 0.05) is 5.92 Å². The molecule has 1 aromatic carbocycles. The first-order valence-corrected chi connectivity index (χ1v) is 7.75. The van der Waals surface area contributed by atoms with Gasteiger partial charge in [0.25, 0.3) is 5.91 Å². The van der Waals surface area contributed by atoms with Crippen LogP contribution in [0.2, 0.25) is 0 Å². The van der Waals surface area contributed by atoms with Crippen LogP contribution in [0.4, 0.5) is 4.39 Å². The minimum Gasteiger partial charge on any atom is -0.494 e. The van der Waals surface area contributed by atoms with Crippen molar-refractivity contribution >= 4 is 11.9 Å². The Bertz CT molecular complexity index is 828. The number of carbonyl (C=O) groups excluding carboxylic acids is 1. The average Bonchev–Trinajstić information content (AvgIpc) is 3.34. The summed E-state index contributed by atoms with van der Waals surface area (Å²) in [6.07, 6.45) is 1.92. The number of nitrogens with zero attached hydrogens (tertiary/aromatic N) is 1. The van der Waals surface area contributed by atoms with Crippen molar-refractivity contribution in [2.45, 2.75) is 31.7 Å². The first kappa shape index (κ1) is 16.9. The minimum absolute atomic E-state index is 0.0145. The van der Waals surface area contributed by atoms with Crippen LogP contribution in [0.15, 0.2) is 22.6 Å². The Labute approximate surface area is 142 Å². The third-order valence-corrected chi connectivity index (χ3v) is 3.98. The van der Waals surface area contributed by atoms with Crippen LogP contribution in [0.3, 0.4) is 0 Å². The van der Waals surface area contributed by atoms with E-state index in [2.05, 4.69) is 10.3 Å². The molecule has 2 aromatic rings. The number of rotatable bonds is 6. The molecule has 132 valence electrons. The Morgan fingerprint density at radius 1 is 1.44 bits per heavy atom. The zero-order chi connectivity index (χ0) is 18.1. The fourth-order valence-electron chi connectivity index (χ4n) is 2.48. The van der Waals surface area contributed by atoms with Gasteiger partial charge in [0.15, 0.2) is 23.5 Å². The van der Waals surface area contributed by atoms with E-state index in [0.29, 0.717) is 11.6 Å². The lowest BCUT2D eigenvalue weighted by Gasteiger charge is -2.15. The van der Waals surface area contributed by atoms with Crippen LogP contribution >= 0.6 is 0 Å². The third-order valence-electron chi connectivity index (χ3n) is 3.98. The Morgan fingerprint density at radius 2 is 2.16 bits per heavy atom. The van der Waals surface area contributed by atoms with Crippen molar-refractivity contribution in [3.8, 4) is 5.75 Å². The monoisotopic (exact) mass is 348 g/mol. The van der Waals surface area contributed by atoms with E-state index in [-0.39, 0.29) is 23.0 Å². The summed E-state index contributed by atoms with van der Waals surface area (Å²) in [7, 11) is 1.30. The largest absolute Gasteiger partial charge is 0.494 e. The van der Waals surface area contributed by atoms with Crippen LogP contribution in [0, 0.1) is 12.7 Å². The number of aliphatic carboxylic acids is 1. The molecule has 0 bridgehead atoms. The van der Waals surface area contributed by atoms with E-state index in [9.17, 15) is 19.1 Å². The number of amides is 1. The molecule has 0 unspecified atom stereocenters. The van der Waals surface area contributed by atoms with Gasteiger partial charge in [0.1, 0.15) is 0 Å². The highest BCUT2D eigenvalue weighted by atomic mass is 19.1. The predicted molar refractivity (Wildman–Crippen MR) is 84.0 cm³/mol. The van der Waals surface area contributed by atoms with Crippen LogP contribution in [0.5, 0.6) is 5.75 Å². The lowest BCUT2D eigenvalue weighted by molar-refractivity contribution is -0.139. The van der Waals surface area contributed by atoms with Gasteiger partial charge >= 0.3 is 5.97 Å². The zero-order valence-electron chi connectivity index (χ0n) is 13.7. The van der Waals surface area contributed by atoms with Gasteiger partial charge in [-0.2, -0.15) is 0 Å². The molecule has 8 heteroatoms. The van der Waals surface area contributed by atoms with Crippen molar-refractivity contribution < 1.29 is 28.2 Å². The Hall–Kier alpha value is -2.90. The molecule has 1 aliphatic carbocycles.